The molecule has 1 aliphatic rings. The normalized spacial score (nSPS) is 13.8. The molecule has 3 nitrogen and oxygen atoms in total. The SMILES string of the molecule is CN(C)c1cccc2c1C(=N)NC2. The molecule has 2 rings (SSSR count). The highest BCUT2D eigenvalue weighted by molar-refractivity contribution is 6.05. The van der Waals surface area contributed by atoms with Crippen LogP contribution < -0.4 is 10.2 Å². The molecule has 0 aromatic heterocycles. The lowest BCUT2D eigenvalue weighted by Crippen LogP contribution is -2.17. The molecule has 1 aromatic carbocycles. The first-order chi connectivity index (χ1) is 6.20. The third kappa shape index (κ3) is 1.16. The largest absolute Gasteiger partial charge is 0.377 e. The van der Waals surface area contributed by atoms with E-state index in [9.17, 15) is 0 Å². The Balaban J connectivity index is 2.60. The van der Waals surface area contributed by atoms with Crippen molar-refractivity contribution in [3.63, 3.8) is 0 Å². The summed E-state index contributed by atoms with van der Waals surface area (Å²) in [5, 5.41) is 10.8. The first kappa shape index (κ1) is 8.10. The van der Waals surface area contributed by atoms with Crippen molar-refractivity contribution in [3.05, 3.63) is 29.3 Å². The predicted molar refractivity (Wildman–Crippen MR) is 54.4 cm³/mol. The lowest BCUT2D eigenvalue weighted by Gasteiger charge is -2.15. The number of nitrogens with zero attached hydrogens (tertiary/aromatic N) is 1. The van der Waals surface area contributed by atoms with Gasteiger partial charge in [-0.2, -0.15) is 0 Å². The Labute approximate surface area is 77.9 Å². The molecule has 2 N–H and O–H groups in total. The van der Waals surface area contributed by atoms with Crippen LogP contribution >= 0.6 is 0 Å². The average molecular weight is 175 g/mol. The molecule has 13 heavy (non-hydrogen) atoms. The lowest BCUT2D eigenvalue weighted by molar-refractivity contribution is 0.957. The van der Waals surface area contributed by atoms with E-state index in [1.54, 1.807) is 0 Å². The van der Waals surface area contributed by atoms with E-state index in [-0.39, 0.29) is 0 Å². The zero-order valence-corrected chi connectivity index (χ0v) is 7.89. The van der Waals surface area contributed by atoms with Crippen LogP contribution in [0.25, 0.3) is 0 Å². The Bertz CT molecular complexity index is 355. The fourth-order valence-corrected chi connectivity index (χ4v) is 1.67. The molecule has 1 aromatic rings. The van der Waals surface area contributed by atoms with Crippen LogP contribution in [0.5, 0.6) is 0 Å². The van der Waals surface area contributed by atoms with Gasteiger partial charge in [0, 0.05) is 31.9 Å². The van der Waals surface area contributed by atoms with Crippen LogP contribution in [-0.2, 0) is 6.54 Å². The Morgan fingerprint density at radius 2 is 2.15 bits per heavy atom. The zero-order valence-electron chi connectivity index (χ0n) is 7.89. The molecule has 0 amide bonds. The van der Waals surface area contributed by atoms with Crippen LogP contribution in [0.3, 0.4) is 0 Å². The summed E-state index contributed by atoms with van der Waals surface area (Å²) in [7, 11) is 4.00. The molecule has 0 radical (unpaired) electrons. The number of anilines is 1. The van der Waals surface area contributed by atoms with Gasteiger partial charge in [0.15, 0.2) is 0 Å². The Morgan fingerprint density at radius 1 is 1.38 bits per heavy atom. The summed E-state index contributed by atoms with van der Waals surface area (Å²) in [6.45, 7) is 0.788. The van der Waals surface area contributed by atoms with Gasteiger partial charge in [-0.1, -0.05) is 12.1 Å². The molecular formula is C10H13N3. The van der Waals surface area contributed by atoms with Gasteiger partial charge in [-0.05, 0) is 11.6 Å². The molecule has 0 unspecified atom stereocenters. The topological polar surface area (TPSA) is 39.1 Å². The third-order valence-corrected chi connectivity index (χ3v) is 2.32. The fourth-order valence-electron chi connectivity index (χ4n) is 1.67. The van der Waals surface area contributed by atoms with E-state index in [0.717, 1.165) is 17.8 Å². The number of rotatable bonds is 1. The second kappa shape index (κ2) is 2.76. The summed E-state index contributed by atoms with van der Waals surface area (Å²) in [6.07, 6.45) is 0. The summed E-state index contributed by atoms with van der Waals surface area (Å²) >= 11 is 0. The minimum Gasteiger partial charge on any atom is -0.377 e. The zero-order chi connectivity index (χ0) is 9.42. The monoisotopic (exact) mass is 175 g/mol. The van der Waals surface area contributed by atoms with Gasteiger partial charge in [-0.3, -0.25) is 5.41 Å². The molecule has 0 spiro atoms. The second-order valence-electron chi connectivity index (χ2n) is 3.43. The highest BCUT2D eigenvalue weighted by Gasteiger charge is 2.19. The van der Waals surface area contributed by atoms with Crippen molar-refractivity contribution in [2.24, 2.45) is 0 Å². The van der Waals surface area contributed by atoms with Crippen molar-refractivity contribution in [2.75, 3.05) is 19.0 Å². The van der Waals surface area contributed by atoms with Gasteiger partial charge >= 0.3 is 0 Å². The molecule has 68 valence electrons. The van der Waals surface area contributed by atoms with Crippen LogP contribution in [0.15, 0.2) is 18.2 Å². The van der Waals surface area contributed by atoms with Crippen LogP contribution in [0.1, 0.15) is 11.1 Å². The Hall–Kier alpha value is -1.51. The molecule has 0 fully saturated rings. The molecule has 0 bridgehead atoms. The molecule has 0 saturated heterocycles. The summed E-state index contributed by atoms with van der Waals surface area (Å²) in [5.41, 5.74) is 3.39. The minimum atomic E-state index is 0.541. The quantitative estimate of drug-likeness (QED) is 0.672. The Morgan fingerprint density at radius 3 is 2.85 bits per heavy atom. The van der Waals surface area contributed by atoms with Crippen molar-refractivity contribution >= 4 is 11.5 Å². The molecule has 0 aliphatic carbocycles. The number of nitrogens with one attached hydrogen (secondary N) is 2. The molecule has 3 heteroatoms. The van der Waals surface area contributed by atoms with Gasteiger partial charge in [-0.25, -0.2) is 0 Å². The predicted octanol–water partition coefficient (Wildman–Crippen LogP) is 1.18. The number of fused-ring (bicyclic) bond motifs is 1. The molecule has 1 heterocycles. The van der Waals surface area contributed by atoms with E-state index < -0.39 is 0 Å². The summed E-state index contributed by atoms with van der Waals surface area (Å²) in [5.74, 6) is 0.541. The van der Waals surface area contributed by atoms with Crippen molar-refractivity contribution in [1.82, 2.24) is 5.32 Å². The summed E-state index contributed by atoms with van der Waals surface area (Å²) in [4.78, 5) is 2.04. The molecule has 1 aliphatic heterocycles. The molecular weight excluding hydrogens is 162 g/mol. The maximum atomic E-state index is 7.73. The molecule has 0 saturated carbocycles. The average Bonchev–Trinajstić information content (AvgIpc) is 2.48. The van der Waals surface area contributed by atoms with Crippen LogP contribution in [0.4, 0.5) is 5.69 Å². The smallest absolute Gasteiger partial charge is 0.128 e. The van der Waals surface area contributed by atoms with Crippen molar-refractivity contribution in [2.45, 2.75) is 6.54 Å². The van der Waals surface area contributed by atoms with Gasteiger partial charge < -0.3 is 10.2 Å². The number of hydrogen-bond donors (Lipinski definition) is 2. The number of amidine groups is 1. The van der Waals surface area contributed by atoms with Crippen LogP contribution in [-0.4, -0.2) is 19.9 Å². The van der Waals surface area contributed by atoms with E-state index in [4.69, 9.17) is 5.41 Å². The van der Waals surface area contributed by atoms with Crippen molar-refractivity contribution in [3.8, 4) is 0 Å². The van der Waals surface area contributed by atoms with Gasteiger partial charge in [0.25, 0.3) is 0 Å². The van der Waals surface area contributed by atoms with Crippen molar-refractivity contribution < 1.29 is 0 Å². The van der Waals surface area contributed by atoms with E-state index >= 15 is 0 Å². The van der Waals surface area contributed by atoms with Crippen molar-refractivity contribution in [1.29, 1.82) is 5.41 Å². The molecule has 0 atom stereocenters. The highest BCUT2D eigenvalue weighted by Crippen LogP contribution is 2.25. The first-order valence-electron chi connectivity index (χ1n) is 4.32. The van der Waals surface area contributed by atoms with E-state index in [2.05, 4.69) is 11.4 Å². The summed E-state index contributed by atoms with van der Waals surface area (Å²) in [6, 6.07) is 6.14. The number of benzene rings is 1. The second-order valence-corrected chi connectivity index (χ2v) is 3.43. The Kier molecular flexibility index (Phi) is 1.72. The van der Waals surface area contributed by atoms with E-state index in [0.29, 0.717) is 5.84 Å². The van der Waals surface area contributed by atoms with E-state index in [1.165, 1.54) is 5.56 Å². The van der Waals surface area contributed by atoms with Gasteiger partial charge in [-0.15, -0.1) is 0 Å². The van der Waals surface area contributed by atoms with E-state index in [1.807, 2.05) is 31.1 Å². The van der Waals surface area contributed by atoms with Gasteiger partial charge in [0.2, 0.25) is 0 Å². The minimum absolute atomic E-state index is 0.541. The lowest BCUT2D eigenvalue weighted by atomic mass is 10.1. The maximum Gasteiger partial charge on any atom is 0.128 e. The number of hydrogen-bond acceptors (Lipinski definition) is 2. The standard InChI is InChI=1S/C10H13N3/c1-13(2)8-5-3-4-7-6-12-10(11)9(7)8/h3-5H,6H2,1-2H3,(H2,11,12). The maximum absolute atomic E-state index is 7.73. The first-order valence-corrected chi connectivity index (χ1v) is 4.32. The summed E-state index contributed by atoms with van der Waals surface area (Å²) < 4.78 is 0. The van der Waals surface area contributed by atoms with Crippen LogP contribution in [0.2, 0.25) is 0 Å². The third-order valence-electron chi connectivity index (χ3n) is 2.32. The van der Waals surface area contributed by atoms with Crippen LogP contribution in [0, 0.1) is 5.41 Å². The van der Waals surface area contributed by atoms with Gasteiger partial charge in [0.1, 0.15) is 5.84 Å². The fraction of sp³-hybridized carbons (Fsp3) is 0.300. The van der Waals surface area contributed by atoms with Gasteiger partial charge in [0.05, 0.1) is 0 Å². The highest BCUT2D eigenvalue weighted by atomic mass is 15.1.